The summed E-state index contributed by atoms with van der Waals surface area (Å²) < 4.78 is 5.51. The normalized spacial score (nSPS) is 15.3. The average molecular weight is 351 g/mol. The fourth-order valence-corrected chi connectivity index (χ4v) is 3.13. The molecule has 0 bridgehead atoms. The Morgan fingerprint density at radius 1 is 1.29 bits per heavy atom. The van der Waals surface area contributed by atoms with Crippen molar-refractivity contribution in [2.24, 2.45) is 0 Å². The summed E-state index contributed by atoms with van der Waals surface area (Å²) in [7, 11) is 1.53. The first-order valence-corrected chi connectivity index (χ1v) is 7.66. The van der Waals surface area contributed by atoms with Gasteiger partial charge in [0.1, 0.15) is 10.2 Å². The van der Waals surface area contributed by atoms with Gasteiger partial charge in [-0.1, -0.05) is 12.8 Å². The summed E-state index contributed by atoms with van der Waals surface area (Å²) in [6.45, 7) is 0. The van der Waals surface area contributed by atoms with E-state index in [9.17, 15) is 4.79 Å². The summed E-state index contributed by atoms with van der Waals surface area (Å²) in [5.74, 6) is 1.21. The van der Waals surface area contributed by atoms with Gasteiger partial charge >= 0.3 is 0 Å². The van der Waals surface area contributed by atoms with E-state index in [2.05, 4.69) is 36.1 Å². The van der Waals surface area contributed by atoms with Crippen molar-refractivity contribution >= 4 is 15.9 Å². The first-order chi connectivity index (χ1) is 10.2. The second-order valence-corrected chi connectivity index (χ2v) is 5.85. The first kappa shape index (κ1) is 14.2. The predicted molar refractivity (Wildman–Crippen MR) is 81.3 cm³/mol. The molecule has 3 rings (SSSR count). The lowest BCUT2D eigenvalue weighted by Crippen LogP contribution is -2.15. The minimum atomic E-state index is -0.181. The monoisotopic (exact) mass is 350 g/mol. The van der Waals surface area contributed by atoms with Gasteiger partial charge < -0.3 is 9.72 Å². The number of methoxy groups -OCH3 is 1. The Balaban J connectivity index is 2.03. The van der Waals surface area contributed by atoms with E-state index in [1.54, 1.807) is 12.1 Å². The Bertz CT molecular complexity index is 693. The molecule has 1 aliphatic carbocycles. The molecule has 6 nitrogen and oxygen atoms in total. The highest BCUT2D eigenvalue weighted by atomic mass is 79.9. The van der Waals surface area contributed by atoms with Crippen molar-refractivity contribution in [3.8, 4) is 17.4 Å². The van der Waals surface area contributed by atoms with Crippen LogP contribution < -0.4 is 10.3 Å². The van der Waals surface area contributed by atoms with Crippen molar-refractivity contribution in [2.45, 2.75) is 31.6 Å². The molecular formula is C14H15BrN4O2. The number of rotatable bonds is 3. The van der Waals surface area contributed by atoms with Crippen LogP contribution >= 0.6 is 15.9 Å². The summed E-state index contributed by atoms with van der Waals surface area (Å²) >= 11 is 3.36. The van der Waals surface area contributed by atoms with E-state index in [4.69, 9.17) is 4.74 Å². The lowest BCUT2D eigenvalue weighted by molar-refractivity contribution is 0.392. The van der Waals surface area contributed by atoms with Gasteiger partial charge in [-0.2, -0.15) is 0 Å². The predicted octanol–water partition coefficient (Wildman–Crippen LogP) is 2.66. The lowest BCUT2D eigenvalue weighted by atomic mass is 10.0. The number of hydrogen-bond donors (Lipinski definition) is 1. The maximum Gasteiger partial charge on any atom is 0.265 e. The van der Waals surface area contributed by atoms with Crippen LogP contribution in [0.3, 0.4) is 0 Å². The fraction of sp³-hybridized carbons (Fsp3) is 0.429. The lowest BCUT2D eigenvalue weighted by Gasteiger charge is -2.11. The Morgan fingerprint density at radius 2 is 2.05 bits per heavy atom. The van der Waals surface area contributed by atoms with E-state index in [0.29, 0.717) is 27.8 Å². The molecule has 2 heterocycles. The van der Waals surface area contributed by atoms with E-state index < -0.39 is 0 Å². The molecule has 1 saturated carbocycles. The van der Waals surface area contributed by atoms with E-state index >= 15 is 0 Å². The van der Waals surface area contributed by atoms with Gasteiger partial charge in [0, 0.05) is 12.0 Å². The number of aromatic nitrogens is 4. The van der Waals surface area contributed by atoms with Crippen molar-refractivity contribution in [1.82, 2.24) is 20.2 Å². The molecule has 2 aromatic rings. The molecule has 21 heavy (non-hydrogen) atoms. The van der Waals surface area contributed by atoms with Gasteiger partial charge in [0.15, 0.2) is 5.82 Å². The third-order valence-corrected chi connectivity index (χ3v) is 4.49. The third kappa shape index (κ3) is 2.83. The molecule has 0 spiro atoms. The molecule has 0 saturated heterocycles. The number of H-pyrrole nitrogens is 1. The highest BCUT2D eigenvalue weighted by Gasteiger charge is 2.23. The van der Waals surface area contributed by atoms with Crippen LogP contribution in [0.4, 0.5) is 0 Å². The third-order valence-electron chi connectivity index (χ3n) is 3.72. The summed E-state index contributed by atoms with van der Waals surface area (Å²) in [5, 5.41) is 7.94. The average Bonchev–Trinajstić information content (AvgIpc) is 3.04. The number of halogens is 1. The topological polar surface area (TPSA) is 80.8 Å². The van der Waals surface area contributed by atoms with Crippen molar-refractivity contribution < 1.29 is 4.74 Å². The van der Waals surface area contributed by atoms with Crippen LogP contribution in [0.5, 0.6) is 5.88 Å². The highest BCUT2D eigenvalue weighted by molar-refractivity contribution is 9.10. The minimum Gasteiger partial charge on any atom is -0.480 e. The largest absolute Gasteiger partial charge is 0.480 e. The zero-order chi connectivity index (χ0) is 14.8. The molecule has 0 atom stereocenters. The first-order valence-electron chi connectivity index (χ1n) is 6.87. The number of hydrogen-bond acceptors (Lipinski definition) is 5. The minimum absolute atomic E-state index is 0.181. The molecule has 110 valence electrons. The molecule has 0 aliphatic heterocycles. The van der Waals surface area contributed by atoms with Crippen LogP contribution in [-0.2, 0) is 0 Å². The molecular weight excluding hydrogens is 336 g/mol. The van der Waals surface area contributed by atoms with Crippen molar-refractivity contribution in [2.75, 3.05) is 7.11 Å². The molecule has 0 aromatic carbocycles. The van der Waals surface area contributed by atoms with Gasteiger partial charge in [0.05, 0.1) is 12.8 Å². The fourth-order valence-electron chi connectivity index (χ4n) is 2.62. The molecule has 0 amide bonds. The van der Waals surface area contributed by atoms with Crippen molar-refractivity contribution in [1.29, 1.82) is 0 Å². The zero-order valence-electron chi connectivity index (χ0n) is 11.6. The van der Waals surface area contributed by atoms with E-state index in [1.165, 1.54) is 20.0 Å². The van der Waals surface area contributed by atoms with E-state index in [-0.39, 0.29) is 5.56 Å². The second kappa shape index (κ2) is 5.93. The van der Waals surface area contributed by atoms with E-state index in [1.807, 2.05) is 0 Å². The summed E-state index contributed by atoms with van der Waals surface area (Å²) in [5.41, 5.74) is 1.17. The quantitative estimate of drug-likeness (QED) is 0.920. The van der Waals surface area contributed by atoms with Crippen LogP contribution in [-0.4, -0.2) is 27.3 Å². The number of ether oxygens (including phenoxy) is 1. The van der Waals surface area contributed by atoms with Gasteiger partial charge in [0.25, 0.3) is 5.56 Å². The Kier molecular flexibility index (Phi) is 4.01. The van der Waals surface area contributed by atoms with Crippen LogP contribution in [0.15, 0.2) is 21.4 Å². The number of aromatic amines is 1. The molecule has 1 N–H and O–H groups in total. The van der Waals surface area contributed by atoms with Gasteiger partial charge in [-0.05, 0) is 34.8 Å². The Morgan fingerprint density at radius 3 is 2.67 bits per heavy atom. The highest BCUT2D eigenvalue weighted by Crippen LogP contribution is 2.35. The van der Waals surface area contributed by atoms with Gasteiger partial charge in [-0.25, -0.2) is 4.98 Å². The van der Waals surface area contributed by atoms with Crippen LogP contribution in [0.25, 0.3) is 11.5 Å². The van der Waals surface area contributed by atoms with Crippen LogP contribution in [0.2, 0.25) is 0 Å². The molecule has 7 heteroatoms. The van der Waals surface area contributed by atoms with Crippen molar-refractivity contribution in [3.05, 3.63) is 32.7 Å². The number of nitrogens with one attached hydrogen (secondary N) is 1. The zero-order valence-corrected chi connectivity index (χ0v) is 13.2. The Hall–Kier alpha value is -1.76. The van der Waals surface area contributed by atoms with Gasteiger partial charge in [-0.15, -0.1) is 10.2 Å². The molecule has 0 unspecified atom stereocenters. The van der Waals surface area contributed by atoms with Crippen LogP contribution in [0, 0.1) is 0 Å². The summed E-state index contributed by atoms with van der Waals surface area (Å²) in [6.07, 6.45) is 4.51. The van der Waals surface area contributed by atoms with Crippen molar-refractivity contribution in [3.63, 3.8) is 0 Å². The maximum absolute atomic E-state index is 12.1. The van der Waals surface area contributed by atoms with Gasteiger partial charge in [0.2, 0.25) is 5.88 Å². The Labute approximate surface area is 130 Å². The smallest absolute Gasteiger partial charge is 0.265 e. The maximum atomic E-state index is 12.1. The molecule has 2 aromatic heterocycles. The SMILES string of the molecule is COc1ccc(-c2nc(C3CCCC3)c(Br)c(=O)[nH]2)nn1. The van der Waals surface area contributed by atoms with E-state index in [0.717, 1.165) is 18.5 Å². The van der Waals surface area contributed by atoms with Crippen LogP contribution in [0.1, 0.15) is 37.3 Å². The summed E-state index contributed by atoms with van der Waals surface area (Å²) in [4.78, 5) is 19.4. The summed E-state index contributed by atoms with van der Waals surface area (Å²) in [6, 6.07) is 3.43. The molecule has 0 radical (unpaired) electrons. The number of nitrogens with zero attached hydrogens (tertiary/aromatic N) is 3. The second-order valence-electron chi connectivity index (χ2n) is 5.06. The molecule has 1 aliphatic rings. The standard InChI is InChI=1S/C14H15BrN4O2/c1-21-10-7-6-9(18-19-10)13-16-12(8-4-2-3-5-8)11(15)14(20)17-13/h6-8H,2-5H2,1H3,(H,16,17,20). The van der Waals surface area contributed by atoms with Gasteiger partial charge in [-0.3, -0.25) is 4.79 Å². The molecule has 1 fully saturated rings.